The van der Waals surface area contributed by atoms with E-state index in [0.717, 1.165) is 50.9 Å². The van der Waals surface area contributed by atoms with Gasteiger partial charge in [0.15, 0.2) is 17.5 Å². The van der Waals surface area contributed by atoms with Gasteiger partial charge in [-0.3, -0.25) is 15.0 Å². The van der Waals surface area contributed by atoms with Crippen molar-refractivity contribution in [2.75, 3.05) is 0 Å². The summed E-state index contributed by atoms with van der Waals surface area (Å²) in [5.41, 5.74) is 16.7. The van der Waals surface area contributed by atoms with Gasteiger partial charge in [-0.15, -0.1) is 0 Å². The van der Waals surface area contributed by atoms with Gasteiger partial charge in [-0.25, -0.2) is 15.0 Å². The van der Waals surface area contributed by atoms with Crippen LogP contribution < -0.4 is 0 Å². The lowest BCUT2D eigenvalue weighted by molar-refractivity contribution is -0.0399. The molecule has 0 radical (unpaired) electrons. The van der Waals surface area contributed by atoms with E-state index in [1.165, 1.54) is 65.5 Å². The normalized spacial score (nSPS) is 22.1. The first kappa shape index (κ1) is 34.4. The predicted molar refractivity (Wildman–Crippen MR) is 234 cm³/mol. The molecule has 5 aliphatic carbocycles. The maximum Gasteiger partial charge on any atom is 0.164 e. The van der Waals surface area contributed by atoms with Crippen LogP contribution in [-0.4, -0.2) is 29.9 Å². The van der Waals surface area contributed by atoms with Crippen molar-refractivity contribution < 1.29 is 0 Å². The minimum absolute atomic E-state index is 0.0290. The number of benzene rings is 4. The molecule has 0 saturated heterocycles. The molecule has 8 aromatic rings. The molecule has 0 aliphatic heterocycles. The van der Waals surface area contributed by atoms with Gasteiger partial charge in [0.25, 0.3) is 0 Å². The third-order valence-electron chi connectivity index (χ3n) is 14.0. The van der Waals surface area contributed by atoms with Crippen LogP contribution in [0.25, 0.3) is 78.8 Å². The van der Waals surface area contributed by atoms with Crippen molar-refractivity contribution in [1.29, 1.82) is 0 Å². The van der Waals surface area contributed by atoms with Crippen LogP contribution >= 0.6 is 0 Å². The highest BCUT2D eigenvalue weighted by atomic mass is 15.0. The minimum Gasteiger partial charge on any atom is -0.265 e. The van der Waals surface area contributed by atoms with Crippen molar-refractivity contribution in [3.05, 3.63) is 169 Å². The van der Waals surface area contributed by atoms with Crippen molar-refractivity contribution in [1.82, 2.24) is 29.9 Å². The number of aromatic nitrogens is 6. The molecule has 0 atom stereocenters. The lowest BCUT2D eigenvalue weighted by atomic mass is 9.43. The first-order valence-corrected chi connectivity index (χ1v) is 21.1. The number of aryl methyl sites for hydroxylation is 1. The molecule has 1 spiro atoms. The molecule has 4 fully saturated rings. The van der Waals surface area contributed by atoms with Gasteiger partial charge in [-0.1, -0.05) is 60.2 Å². The van der Waals surface area contributed by atoms with E-state index in [2.05, 4.69) is 108 Å². The number of rotatable bonds is 6. The second-order valence-electron chi connectivity index (χ2n) is 17.4. The Labute approximate surface area is 344 Å². The van der Waals surface area contributed by atoms with E-state index in [4.69, 9.17) is 19.9 Å². The molecule has 4 aromatic carbocycles. The van der Waals surface area contributed by atoms with E-state index >= 15 is 0 Å². The summed E-state index contributed by atoms with van der Waals surface area (Å²) >= 11 is 0. The van der Waals surface area contributed by atoms with Crippen LogP contribution in [0.4, 0.5) is 0 Å². The number of pyridine rings is 3. The van der Waals surface area contributed by atoms with Crippen LogP contribution in [0, 0.1) is 30.6 Å². The summed E-state index contributed by atoms with van der Waals surface area (Å²) in [6.45, 7) is 2.14. The molecule has 6 heteroatoms. The van der Waals surface area contributed by atoms with Crippen LogP contribution in [0.5, 0.6) is 0 Å². The Bertz CT molecular complexity index is 2810. The second-order valence-corrected chi connectivity index (χ2v) is 17.4. The van der Waals surface area contributed by atoms with Gasteiger partial charge in [0, 0.05) is 58.7 Å². The predicted octanol–water partition coefficient (Wildman–Crippen LogP) is 12.1. The lowest BCUT2D eigenvalue weighted by Gasteiger charge is -2.61. The van der Waals surface area contributed by atoms with Gasteiger partial charge in [-0.2, -0.15) is 0 Å². The molecule has 6 nitrogen and oxygen atoms in total. The molecule has 0 amide bonds. The molecule has 4 aromatic heterocycles. The standard InChI is InChI=1S/C53H42N6/c1-32-5-7-35(8-6-32)40-27-41(29-42(28-40)52-58-50(36-13-18-54-19-14-36)57-51(59-52)37-15-20-55-21-16-37)38-9-11-45-46-30-39(49-4-2-3-17-56-49)10-12-47(46)53(48(45)31-38)43-23-33-22-34(25-43)26-44(53)24-33/h2-21,27-31,33-34,43-44H,22-26H2,1H3. The van der Waals surface area contributed by atoms with Crippen molar-refractivity contribution in [2.45, 2.75) is 44.4 Å². The Hall–Kier alpha value is -6.66. The lowest BCUT2D eigenvalue weighted by Crippen LogP contribution is -2.55. The SMILES string of the molecule is Cc1ccc(-c2cc(-c3ccc4c(c3)C3(c5ccc(-c6ccccn6)cc5-4)C4CC5CC(C4)CC3C5)cc(-c3nc(-c4ccncc4)nc(-c4ccncc4)n3)c2)cc1. The number of hydrogen-bond donors (Lipinski definition) is 0. The average molecular weight is 763 g/mol. The molecule has 0 unspecified atom stereocenters. The highest BCUT2D eigenvalue weighted by Gasteiger charge is 2.61. The number of hydrogen-bond acceptors (Lipinski definition) is 6. The topological polar surface area (TPSA) is 77.3 Å². The van der Waals surface area contributed by atoms with E-state index in [1.54, 1.807) is 30.4 Å². The minimum atomic E-state index is 0.0290. The van der Waals surface area contributed by atoms with Gasteiger partial charge in [0.05, 0.1) is 5.69 Å². The highest BCUT2D eigenvalue weighted by molar-refractivity contribution is 5.88. The molecule has 59 heavy (non-hydrogen) atoms. The summed E-state index contributed by atoms with van der Waals surface area (Å²) in [4.78, 5) is 28.5. The summed E-state index contributed by atoms with van der Waals surface area (Å²) in [6, 6.07) is 44.3. The summed E-state index contributed by atoms with van der Waals surface area (Å²) in [7, 11) is 0. The molecular formula is C53H42N6. The van der Waals surface area contributed by atoms with Gasteiger partial charge in [0.1, 0.15) is 0 Å². The van der Waals surface area contributed by atoms with Crippen molar-refractivity contribution in [2.24, 2.45) is 23.7 Å². The van der Waals surface area contributed by atoms with E-state index in [-0.39, 0.29) is 5.41 Å². The molecular weight excluding hydrogens is 721 g/mol. The largest absolute Gasteiger partial charge is 0.265 e. The van der Waals surface area contributed by atoms with E-state index in [9.17, 15) is 0 Å². The summed E-state index contributed by atoms with van der Waals surface area (Å²) in [5, 5.41) is 0. The van der Waals surface area contributed by atoms with Gasteiger partial charge in [-0.05, 0) is 174 Å². The van der Waals surface area contributed by atoms with E-state index in [1.807, 2.05) is 36.5 Å². The maximum atomic E-state index is 5.15. The quantitative estimate of drug-likeness (QED) is 0.168. The Morgan fingerprint density at radius 1 is 0.424 bits per heavy atom. The second kappa shape index (κ2) is 13.5. The Balaban J connectivity index is 1.06. The fourth-order valence-corrected chi connectivity index (χ4v) is 11.7. The molecule has 284 valence electrons. The van der Waals surface area contributed by atoms with Crippen LogP contribution in [0.3, 0.4) is 0 Å². The van der Waals surface area contributed by atoms with Crippen LogP contribution in [0.15, 0.2) is 152 Å². The molecule has 5 aliphatic rings. The van der Waals surface area contributed by atoms with Crippen LogP contribution in [0.1, 0.15) is 48.8 Å². The van der Waals surface area contributed by atoms with Crippen molar-refractivity contribution >= 4 is 0 Å². The molecule has 13 rings (SSSR count). The van der Waals surface area contributed by atoms with E-state index < -0.39 is 0 Å². The van der Waals surface area contributed by atoms with E-state index in [0.29, 0.717) is 29.3 Å². The Morgan fingerprint density at radius 3 is 1.63 bits per heavy atom. The third-order valence-corrected chi connectivity index (χ3v) is 14.0. The first-order chi connectivity index (χ1) is 29.1. The molecule has 4 heterocycles. The summed E-state index contributed by atoms with van der Waals surface area (Å²) < 4.78 is 0. The van der Waals surface area contributed by atoms with Crippen LogP contribution in [-0.2, 0) is 5.41 Å². The summed E-state index contributed by atoms with van der Waals surface area (Å²) in [6.07, 6.45) is 15.8. The third kappa shape index (κ3) is 5.60. The van der Waals surface area contributed by atoms with Gasteiger partial charge >= 0.3 is 0 Å². The molecule has 0 N–H and O–H groups in total. The highest BCUT2D eigenvalue weighted by Crippen LogP contribution is 2.69. The summed E-state index contributed by atoms with van der Waals surface area (Å²) in [5.74, 6) is 4.90. The Morgan fingerprint density at radius 2 is 1.00 bits per heavy atom. The zero-order valence-electron chi connectivity index (χ0n) is 33.0. The number of nitrogens with zero attached hydrogens (tertiary/aromatic N) is 6. The fourth-order valence-electron chi connectivity index (χ4n) is 11.7. The van der Waals surface area contributed by atoms with Crippen molar-refractivity contribution in [3.63, 3.8) is 0 Å². The van der Waals surface area contributed by atoms with Gasteiger partial charge in [0.2, 0.25) is 0 Å². The zero-order valence-corrected chi connectivity index (χ0v) is 33.0. The zero-order chi connectivity index (χ0) is 39.1. The Kier molecular flexibility index (Phi) is 7.84. The smallest absolute Gasteiger partial charge is 0.164 e. The maximum absolute atomic E-state index is 5.15. The van der Waals surface area contributed by atoms with Gasteiger partial charge < -0.3 is 0 Å². The fraction of sp³-hybridized carbons (Fsp3) is 0.208. The van der Waals surface area contributed by atoms with Crippen molar-refractivity contribution in [3.8, 4) is 78.8 Å². The monoisotopic (exact) mass is 762 g/mol. The van der Waals surface area contributed by atoms with Crippen LogP contribution in [0.2, 0.25) is 0 Å². The number of fused-ring (bicyclic) bond motifs is 3. The first-order valence-electron chi connectivity index (χ1n) is 21.1. The molecule has 4 bridgehead atoms. The average Bonchev–Trinajstić information content (AvgIpc) is 3.58. The molecule has 4 saturated carbocycles.